The molecule has 1 amide bonds. The molecular formula is C13H11FN2O4. The van der Waals surface area contributed by atoms with Crippen LogP contribution in [0.4, 0.5) is 4.39 Å². The predicted octanol–water partition coefficient (Wildman–Crippen LogP) is 0.559. The Hall–Kier alpha value is -2.75. The molecule has 0 bridgehead atoms. The van der Waals surface area contributed by atoms with Crippen molar-refractivity contribution in [3.63, 3.8) is 0 Å². The number of amides is 1. The Kier molecular flexibility index (Phi) is 5.35. The van der Waals surface area contributed by atoms with Gasteiger partial charge in [-0.2, -0.15) is 5.26 Å². The van der Waals surface area contributed by atoms with Crippen LogP contribution >= 0.6 is 0 Å². The fourth-order valence-corrected chi connectivity index (χ4v) is 1.32. The number of nitrogens with one attached hydrogen (secondary N) is 1. The van der Waals surface area contributed by atoms with E-state index in [1.54, 1.807) is 6.07 Å². The molecule has 104 valence electrons. The quantitative estimate of drug-likeness (QED) is 0.493. The molecule has 0 radical (unpaired) electrons. The summed E-state index contributed by atoms with van der Waals surface area (Å²) in [5.41, 5.74) is -0.209. The maximum atomic E-state index is 13.1. The lowest BCUT2D eigenvalue weighted by Crippen LogP contribution is -2.36. The van der Waals surface area contributed by atoms with Crippen molar-refractivity contribution >= 4 is 17.7 Å². The minimum Gasteiger partial charge on any atom is -0.459 e. The summed E-state index contributed by atoms with van der Waals surface area (Å²) in [5, 5.41) is 10.7. The predicted molar refractivity (Wildman–Crippen MR) is 65.1 cm³/mol. The highest BCUT2D eigenvalue weighted by Gasteiger charge is 2.16. The molecule has 20 heavy (non-hydrogen) atoms. The Morgan fingerprint density at radius 3 is 2.70 bits per heavy atom. The van der Waals surface area contributed by atoms with Crippen LogP contribution in [-0.4, -0.2) is 30.8 Å². The highest BCUT2D eigenvalue weighted by Crippen LogP contribution is 2.09. The summed E-state index contributed by atoms with van der Waals surface area (Å²) < 4.78 is 17.5. The number of hydrogen-bond acceptors (Lipinski definition) is 5. The van der Waals surface area contributed by atoms with Gasteiger partial charge in [0.15, 0.2) is 5.78 Å². The van der Waals surface area contributed by atoms with Crippen molar-refractivity contribution in [2.45, 2.75) is 6.92 Å². The van der Waals surface area contributed by atoms with Gasteiger partial charge in [-0.25, -0.2) is 9.18 Å². The lowest BCUT2D eigenvalue weighted by molar-refractivity contribution is -0.154. The molecule has 0 fully saturated rings. The Bertz CT molecular complexity index is 593. The molecule has 1 N–H and O–H groups in total. The Morgan fingerprint density at radius 2 is 2.10 bits per heavy atom. The number of nitriles is 1. The largest absolute Gasteiger partial charge is 0.459 e. The first-order chi connectivity index (χ1) is 9.49. The van der Waals surface area contributed by atoms with Crippen molar-refractivity contribution in [1.29, 1.82) is 5.26 Å². The zero-order chi connectivity index (χ0) is 15.1. The van der Waals surface area contributed by atoms with Gasteiger partial charge in [-0.3, -0.25) is 9.59 Å². The number of esters is 1. The minimum absolute atomic E-state index is 0.0453. The lowest BCUT2D eigenvalue weighted by Gasteiger charge is -2.04. The maximum Gasteiger partial charge on any atom is 0.396 e. The number of nitrogens with zero attached hydrogens (tertiary/aromatic N) is 1. The minimum atomic E-state index is -1.09. The standard InChI is InChI=1S/C13H11FN2O4/c1-2-20-13(19)12(18)16-7-11(17)8-3-4-10(14)9(5-8)6-15/h3-5H,2,7H2,1H3,(H,16,18). The number of Topliss-reactive ketones (excluding diaryl/α,β-unsaturated/α-hetero) is 1. The molecular weight excluding hydrogens is 267 g/mol. The summed E-state index contributed by atoms with van der Waals surface area (Å²) in [5.74, 6) is -3.42. The number of carbonyl (C=O) groups is 3. The molecule has 0 heterocycles. The molecule has 0 spiro atoms. The van der Waals surface area contributed by atoms with E-state index in [2.05, 4.69) is 10.1 Å². The van der Waals surface area contributed by atoms with Crippen LogP contribution in [0.5, 0.6) is 0 Å². The third-order valence-electron chi connectivity index (χ3n) is 2.28. The van der Waals surface area contributed by atoms with Gasteiger partial charge in [0.1, 0.15) is 11.9 Å². The zero-order valence-electron chi connectivity index (χ0n) is 10.6. The number of ketones is 1. The SMILES string of the molecule is CCOC(=O)C(=O)NCC(=O)c1ccc(F)c(C#N)c1. The number of carbonyl (C=O) groups excluding carboxylic acids is 3. The fraction of sp³-hybridized carbons (Fsp3) is 0.231. The first-order valence-corrected chi connectivity index (χ1v) is 5.67. The van der Waals surface area contributed by atoms with Crippen molar-refractivity contribution in [1.82, 2.24) is 5.32 Å². The number of hydrogen-bond donors (Lipinski definition) is 1. The van der Waals surface area contributed by atoms with E-state index in [0.29, 0.717) is 0 Å². The molecule has 0 atom stereocenters. The summed E-state index contributed by atoms with van der Waals surface area (Å²) in [4.78, 5) is 33.9. The van der Waals surface area contributed by atoms with Gasteiger partial charge >= 0.3 is 11.9 Å². The van der Waals surface area contributed by atoms with Crippen molar-refractivity contribution in [2.24, 2.45) is 0 Å². The second-order valence-electron chi connectivity index (χ2n) is 3.63. The molecule has 6 nitrogen and oxygen atoms in total. The average molecular weight is 278 g/mol. The molecule has 0 saturated carbocycles. The molecule has 0 aliphatic rings. The smallest absolute Gasteiger partial charge is 0.396 e. The first-order valence-electron chi connectivity index (χ1n) is 5.67. The van der Waals surface area contributed by atoms with Crippen LogP contribution in [0.15, 0.2) is 18.2 Å². The fourth-order valence-electron chi connectivity index (χ4n) is 1.32. The number of ether oxygens (including phenoxy) is 1. The third kappa shape index (κ3) is 3.88. The second kappa shape index (κ2) is 6.99. The first kappa shape index (κ1) is 15.3. The van der Waals surface area contributed by atoms with Crippen molar-refractivity contribution in [3.05, 3.63) is 35.1 Å². The normalized spacial score (nSPS) is 9.45. The van der Waals surface area contributed by atoms with E-state index < -0.39 is 30.0 Å². The van der Waals surface area contributed by atoms with Gasteiger partial charge in [0.2, 0.25) is 0 Å². The monoisotopic (exact) mass is 278 g/mol. The zero-order valence-corrected chi connectivity index (χ0v) is 10.6. The van der Waals surface area contributed by atoms with Crippen LogP contribution in [0.25, 0.3) is 0 Å². The third-order valence-corrected chi connectivity index (χ3v) is 2.28. The van der Waals surface area contributed by atoms with Crippen molar-refractivity contribution < 1.29 is 23.5 Å². The number of halogens is 1. The lowest BCUT2D eigenvalue weighted by atomic mass is 10.1. The molecule has 7 heteroatoms. The van der Waals surface area contributed by atoms with E-state index in [0.717, 1.165) is 12.1 Å². The van der Waals surface area contributed by atoms with Crippen LogP contribution in [0.2, 0.25) is 0 Å². The molecule has 1 rings (SSSR count). The molecule has 0 saturated heterocycles. The topological polar surface area (TPSA) is 96.3 Å². The van der Waals surface area contributed by atoms with Crippen LogP contribution in [0.3, 0.4) is 0 Å². The average Bonchev–Trinajstić information content (AvgIpc) is 2.45. The van der Waals surface area contributed by atoms with Gasteiger partial charge in [-0.15, -0.1) is 0 Å². The second-order valence-corrected chi connectivity index (χ2v) is 3.63. The Morgan fingerprint density at radius 1 is 1.40 bits per heavy atom. The number of rotatable bonds is 4. The summed E-state index contributed by atoms with van der Waals surface area (Å²) >= 11 is 0. The summed E-state index contributed by atoms with van der Waals surface area (Å²) in [6.45, 7) is 1.14. The van der Waals surface area contributed by atoms with Gasteiger partial charge in [0.05, 0.1) is 18.7 Å². The highest BCUT2D eigenvalue weighted by molar-refractivity contribution is 6.32. The van der Waals surface area contributed by atoms with Crippen molar-refractivity contribution in [2.75, 3.05) is 13.2 Å². The van der Waals surface area contributed by atoms with Crippen LogP contribution in [-0.2, 0) is 14.3 Å². The van der Waals surface area contributed by atoms with Gasteiger partial charge in [-0.05, 0) is 25.1 Å². The summed E-state index contributed by atoms with van der Waals surface area (Å²) in [6, 6.07) is 4.85. The molecule has 1 aromatic carbocycles. The molecule has 0 aliphatic carbocycles. The van der Waals surface area contributed by atoms with E-state index in [1.807, 2.05) is 0 Å². The van der Waals surface area contributed by atoms with E-state index >= 15 is 0 Å². The molecule has 1 aromatic rings. The number of benzene rings is 1. The van der Waals surface area contributed by atoms with Crippen molar-refractivity contribution in [3.8, 4) is 6.07 Å². The van der Waals surface area contributed by atoms with Gasteiger partial charge < -0.3 is 10.1 Å². The van der Waals surface area contributed by atoms with Crippen LogP contribution in [0, 0.1) is 17.1 Å². The summed E-state index contributed by atoms with van der Waals surface area (Å²) in [7, 11) is 0. The molecule has 0 unspecified atom stereocenters. The summed E-state index contributed by atoms with van der Waals surface area (Å²) in [6.07, 6.45) is 0. The van der Waals surface area contributed by atoms with E-state index in [9.17, 15) is 18.8 Å². The van der Waals surface area contributed by atoms with E-state index in [-0.39, 0.29) is 17.7 Å². The maximum absolute atomic E-state index is 13.1. The van der Waals surface area contributed by atoms with Gasteiger partial charge in [0.25, 0.3) is 0 Å². The Balaban J connectivity index is 2.66. The van der Waals surface area contributed by atoms with Crippen LogP contribution < -0.4 is 5.32 Å². The molecule has 0 aromatic heterocycles. The van der Waals surface area contributed by atoms with Gasteiger partial charge in [-0.1, -0.05) is 0 Å². The van der Waals surface area contributed by atoms with Gasteiger partial charge in [0, 0.05) is 5.56 Å². The van der Waals surface area contributed by atoms with E-state index in [4.69, 9.17) is 5.26 Å². The highest BCUT2D eigenvalue weighted by atomic mass is 19.1. The molecule has 0 aliphatic heterocycles. The van der Waals surface area contributed by atoms with Crippen LogP contribution in [0.1, 0.15) is 22.8 Å². The van der Waals surface area contributed by atoms with E-state index in [1.165, 1.54) is 13.0 Å². The Labute approximate surface area is 114 Å².